The molecule has 1 atom stereocenters. The normalized spacial score (nSPS) is 16.1. The predicted octanol–water partition coefficient (Wildman–Crippen LogP) is 5.12. The van der Waals surface area contributed by atoms with Crippen LogP contribution in [0.3, 0.4) is 0 Å². The number of hydrogen-bond donors (Lipinski definition) is 2. The number of nitrogens with zero attached hydrogens (tertiary/aromatic N) is 4. The minimum absolute atomic E-state index is 0.131. The Labute approximate surface area is 275 Å². The highest BCUT2D eigenvalue weighted by Gasteiger charge is 2.36. The van der Waals surface area contributed by atoms with E-state index in [-0.39, 0.29) is 18.4 Å². The zero-order valence-electron chi connectivity index (χ0n) is 25.7. The van der Waals surface area contributed by atoms with Crippen molar-refractivity contribution in [2.24, 2.45) is 0 Å². The smallest absolute Gasteiger partial charge is 0.260 e. The maximum atomic E-state index is 14.1. The standard InChI is InChI=1S/C31H37BrN6O6S/c1-5-42-23-11-9-8-10-22(23)34-29(40)26-19(4)33-30-35-31(45-7-3)36-38(30)27(26)20-16-21(32)28(24(17-20)43-6-2)44-18-25(39)37-12-14-41-15-13-37/h8-11,16-17,27H,5-7,12-15,18H2,1-4H3,(H,34,40)(H,33,35,36). The van der Waals surface area contributed by atoms with E-state index >= 15 is 0 Å². The number of morpholine rings is 1. The number of hydrogen-bond acceptors (Lipinski definition) is 10. The molecule has 0 radical (unpaired) electrons. The Morgan fingerprint density at radius 2 is 1.82 bits per heavy atom. The van der Waals surface area contributed by atoms with Gasteiger partial charge in [-0.25, -0.2) is 4.68 Å². The molecule has 45 heavy (non-hydrogen) atoms. The fourth-order valence-electron chi connectivity index (χ4n) is 5.15. The molecule has 2 aromatic carbocycles. The van der Waals surface area contributed by atoms with Gasteiger partial charge in [-0.3, -0.25) is 9.59 Å². The number of anilines is 2. The number of benzene rings is 2. The number of amides is 2. The summed E-state index contributed by atoms with van der Waals surface area (Å²) in [7, 11) is 0. The average molecular weight is 702 g/mol. The third-order valence-electron chi connectivity index (χ3n) is 7.14. The molecule has 3 heterocycles. The van der Waals surface area contributed by atoms with Crippen molar-refractivity contribution in [3.05, 3.63) is 57.7 Å². The number of ether oxygens (including phenoxy) is 4. The van der Waals surface area contributed by atoms with Crippen LogP contribution in [0.5, 0.6) is 17.2 Å². The number of rotatable bonds is 12. The number of fused-ring (bicyclic) bond motifs is 1. The van der Waals surface area contributed by atoms with Crippen molar-refractivity contribution in [2.45, 2.75) is 38.9 Å². The molecule has 240 valence electrons. The topological polar surface area (TPSA) is 129 Å². The molecule has 1 saturated heterocycles. The molecule has 2 amide bonds. The molecular formula is C31H37BrN6O6S. The Balaban J connectivity index is 1.52. The molecule has 14 heteroatoms. The first-order valence-electron chi connectivity index (χ1n) is 14.9. The first kappa shape index (κ1) is 32.6. The van der Waals surface area contributed by atoms with Gasteiger partial charge in [0.1, 0.15) is 11.8 Å². The molecule has 1 unspecified atom stereocenters. The van der Waals surface area contributed by atoms with Gasteiger partial charge in [0.05, 0.1) is 42.2 Å². The number of allylic oxidation sites excluding steroid dienone is 1. The van der Waals surface area contributed by atoms with Crippen molar-refractivity contribution in [1.29, 1.82) is 0 Å². The van der Waals surface area contributed by atoms with Crippen molar-refractivity contribution < 1.29 is 28.5 Å². The molecule has 0 spiro atoms. The van der Waals surface area contributed by atoms with E-state index in [0.717, 1.165) is 5.75 Å². The number of para-hydroxylation sites is 2. The molecule has 2 aliphatic rings. The monoisotopic (exact) mass is 700 g/mol. The Hall–Kier alpha value is -3.75. The third-order valence-corrected chi connectivity index (χ3v) is 8.45. The van der Waals surface area contributed by atoms with Crippen molar-refractivity contribution >= 4 is 51.1 Å². The summed E-state index contributed by atoms with van der Waals surface area (Å²) in [4.78, 5) is 33.3. The van der Waals surface area contributed by atoms with Crippen LogP contribution in [0.1, 0.15) is 39.3 Å². The maximum absolute atomic E-state index is 14.1. The molecule has 0 bridgehead atoms. The van der Waals surface area contributed by atoms with Gasteiger partial charge in [-0.05, 0) is 72.3 Å². The van der Waals surface area contributed by atoms with Crippen LogP contribution in [0.15, 0.2) is 57.3 Å². The summed E-state index contributed by atoms with van der Waals surface area (Å²) in [5.74, 6) is 2.25. The number of thioether (sulfide) groups is 1. The van der Waals surface area contributed by atoms with Crippen LogP contribution in [-0.4, -0.2) is 83.4 Å². The van der Waals surface area contributed by atoms with Gasteiger partial charge in [0.15, 0.2) is 18.1 Å². The number of carbonyl (C=O) groups excluding carboxylic acids is 2. The molecule has 5 rings (SSSR count). The SMILES string of the molecule is CCOc1ccccc1NC(=O)C1=C(C)Nc2nc(SCC)nn2C1c1cc(Br)c(OCC(=O)N2CCOCC2)c(OCC)c1. The Kier molecular flexibility index (Phi) is 10.9. The lowest BCUT2D eigenvalue weighted by Gasteiger charge is -2.30. The fraction of sp³-hybridized carbons (Fsp3) is 0.419. The van der Waals surface area contributed by atoms with Gasteiger partial charge in [0.2, 0.25) is 11.1 Å². The summed E-state index contributed by atoms with van der Waals surface area (Å²) in [5, 5.41) is 11.7. The second-order valence-corrected chi connectivity index (χ2v) is 12.2. The molecule has 2 aliphatic heterocycles. The Bertz CT molecular complexity index is 1570. The lowest BCUT2D eigenvalue weighted by molar-refractivity contribution is -0.137. The van der Waals surface area contributed by atoms with Gasteiger partial charge >= 0.3 is 0 Å². The summed E-state index contributed by atoms with van der Waals surface area (Å²) >= 11 is 5.16. The second-order valence-electron chi connectivity index (χ2n) is 10.1. The van der Waals surface area contributed by atoms with Crippen LogP contribution in [0.4, 0.5) is 11.6 Å². The van der Waals surface area contributed by atoms with Gasteiger partial charge < -0.3 is 34.5 Å². The van der Waals surface area contributed by atoms with Gasteiger partial charge in [0, 0.05) is 18.8 Å². The van der Waals surface area contributed by atoms with E-state index in [4.69, 9.17) is 24.0 Å². The number of halogens is 1. The van der Waals surface area contributed by atoms with Gasteiger partial charge in [-0.1, -0.05) is 30.8 Å². The van der Waals surface area contributed by atoms with Crippen molar-refractivity contribution in [2.75, 3.05) is 62.5 Å². The molecular weight excluding hydrogens is 664 g/mol. The van der Waals surface area contributed by atoms with E-state index in [2.05, 4.69) is 31.5 Å². The summed E-state index contributed by atoms with van der Waals surface area (Å²) in [5.41, 5.74) is 2.34. The first-order chi connectivity index (χ1) is 21.8. The zero-order valence-corrected chi connectivity index (χ0v) is 28.1. The number of nitrogens with one attached hydrogen (secondary N) is 2. The second kappa shape index (κ2) is 15.0. The minimum atomic E-state index is -0.668. The lowest BCUT2D eigenvalue weighted by Crippen LogP contribution is -2.43. The Morgan fingerprint density at radius 3 is 2.56 bits per heavy atom. The first-order valence-corrected chi connectivity index (χ1v) is 16.7. The number of carbonyl (C=O) groups is 2. The van der Waals surface area contributed by atoms with Crippen LogP contribution in [0.25, 0.3) is 0 Å². The summed E-state index contributed by atoms with van der Waals surface area (Å²) in [6.45, 7) is 10.4. The number of aromatic nitrogens is 3. The molecule has 3 aromatic rings. The third kappa shape index (κ3) is 7.39. The molecule has 1 fully saturated rings. The highest BCUT2D eigenvalue weighted by Crippen LogP contribution is 2.43. The van der Waals surface area contributed by atoms with Crippen molar-refractivity contribution in [3.63, 3.8) is 0 Å². The zero-order chi connectivity index (χ0) is 31.9. The lowest BCUT2D eigenvalue weighted by atomic mass is 9.94. The van der Waals surface area contributed by atoms with Crippen LogP contribution in [0, 0.1) is 0 Å². The van der Waals surface area contributed by atoms with Gasteiger partial charge in [-0.15, -0.1) is 5.10 Å². The van der Waals surface area contributed by atoms with Crippen molar-refractivity contribution in [3.8, 4) is 17.2 Å². The average Bonchev–Trinajstić information content (AvgIpc) is 3.43. The van der Waals surface area contributed by atoms with Crippen LogP contribution in [-0.2, 0) is 14.3 Å². The quantitative estimate of drug-likeness (QED) is 0.246. The highest BCUT2D eigenvalue weighted by molar-refractivity contribution is 9.10. The fourth-order valence-corrected chi connectivity index (χ4v) is 6.28. The highest BCUT2D eigenvalue weighted by atomic mass is 79.9. The van der Waals surface area contributed by atoms with E-state index in [0.29, 0.717) is 94.9 Å². The summed E-state index contributed by atoms with van der Waals surface area (Å²) < 4.78 is 25.5. The van der Waals surface area contributed by atoms with E-state index in [1.54, 1.807) is 15.6 Å². The van der Waals surface area contributed by atoms with E-state index in [1.165, 1.54) is 11.8 Å². The molecule has 2 N–H and O–H groups in total. The van der Waals surface area contributed by atoms with Crippen molar-refractivity contribution in [1.82, 2.24) is 19.7 Å². The van der Waals surface area contributed by atoms with Crippen LogP contribution < -0.4 is 24.8 Å². The van der Waals surface area contributed by atoms with Crippen LogP contribution >= 0.6 is 27.7 Å². The summed E-state index contributed by atoms with van der Waals surface area (Å²) in [6, 6.07) is 10.3. The predicted molar refractivity (Wildman–Crippen MR) is 175 cm³/mol. The summed E-state index contributed by atoms with van der Waals surface area (Å²) in [6.07, 6.45) is 0. The Morgan fingerprint density at radius 1 is 1.09 bits per heavy atom. The molecule has 0 aliphatic carbocycles. The van der Waals surface area contributed by atoms with Gasteiger partial charge in [-0.2, -0.15) is 4.98 Å². The van der Waals surface area contributed by atoms with E-state index in [1.807, 2.05) is 58.0 Å². The molecule has 12 nitrogen and oxygen atoms in total. The molecule has 0 saturated carbocycles. The maximum Gasteiger partial charge on any atom is 0.260 e. The van der Waals surface area contributed by atoms with E-state index in [9.17, 15) is 9.59 Å². The van der Waals surface area contributed by atoms with Gasteiger partial charge in [0.25, 0.3) is 11.8 Å². The van der Waals surface area contributed by atoms with Crippen LogP contribution in [0.2, 0.25) is 0 Å². The minimum Gasteiger partial charge on any atom is -0.492 e. The molecule has 1 aromatic heterocycles. The van der Waals surface area contributed by atoms with E-state index < -0.39 is 6.04 Å². The largest absolute Gasteiger partial charge is 0.492 e.